The number of hydrogen-bond donors (Lipinski definition) is 1. The predicted molar refractivity (Wildman–Crippen MR) is 68.9 cm³/mol. The number of nitro benzene ring substituents is 1. The van der Waals surface area contributed by atoms with Crippen LogP contribution in [0, 0.1) is 10.1 Å². The Morgan fingerprint density at radius 2 is 2.12 bits per heavy atom. The molecule has 0 aliphatic rings. The lowest BCUT2D eigenvalue weighted by Crippen LogP contribution is -2.38. The van der Waals surface area contributed by atoms with E-state index in [0.29, 0.717) is 6.54 Å². The van der Waals surface area contributed by atoms with Gasteiger partial charge in [-0.15, -0.1) is 0 Å². The van der Waals surface area contributed by atoms with Crippen molar-refractivity contribution in [1.82, 2.24) is 5.32 Å². The van der Waals surface area contributed by atoms with Crippen LogP contribution in [-0.2, 0) is 6.54 Å². The molecule has 0 spiro atoms. The first-order chi connectivity index (χ1) is 7.94. The van der Waals surface area contributed by atoms with E-state index in [1.165, 1.54) is 6.07 Å². The molecule has 0 aromatic heterocycles. The minimum atomic E-state index is -0.360. The van der Waals surface area contributed by atoms with E-state index in [9.17, 15) is 10.1 Å². The Kier molecular flexibility index (Phi) is 4.63. The fraction of sp³-hybridized carbons (Fsp3) is 0.538. The maximum Gasteiger partial charge on any atom is 0.269 e. The summed E-state index contributed by atoms with van der Waals surface area (Å²) in [6, 6.07) is 6.76. The van der Waals surface area contributed by atoms with Crippen LogP contribution in [0.4, 0.5) is 5.69 Å². The predicted octanol–water partition coefficient (Wildman–Crippen LogP) is 3.26. The van der Waals surface area contributed by atoms with Gasteiger partial charge in [-0.1, -0.05) is 25.5 Å². The molecule has 1 N–H and O–H groups in total. The molecule has 0 saturated heterocycles. The normalized spacial score (nSPS) is 11.5. The molecule has 0 unspecified atom stereocenters. The quantitative estimate of drug-likeness (QED) is 0.609. The van der Waals surface area contributed by atoms with Gasteiger partial charge in [-0.3, -0.25) is 10.1 Å². The summed E-state index contributed by atoms with van der Waals surface area (Å²) in [5.41, 5.74) is 1.17. The zero-order chi connectivity index (χ0) is 12.9. The highest BCUT2D eigenvalue weighted by Gasteiger charge is 2.15. The van der Waals surface area contributed by atoms with Crippen LogP contribution in [0.25, 0.3) is 0 Å². The molecule has 0 atom stereocenters. The monoisotopic (exact) mass is 236 g/mol. The van der Waals surface area contributed by atoms with E-state index in [2.05, 4.69) is 26.1 Å². The van der Waals surface area contributed by atoms with E-state index in [4.69, 9.17) is 0 Å². The van der Waals surface area contributed by atoms with Crippen molar-refractivity contribution in [1.29, 1.82) is 0 Å². The van der Waals surface area contributed by atoms with E-state index in [1.54, 1.807) is 12.1 Å². The average Bonchev–Trinajstić information content (AvgIpc) is 2.27. The highest BCUT2D eigenvalue weighted by molar-refractivity contribution is 5.34. The smallest absolute Gasteiger partial charge is 0.269 e. The molecule has 0 fully saturated rings. The van der Waals surface area contributed by atoms with Gasteiger partial charge in [0.1, 0.15) is 0 Å². The second kappa shape index (κ2) is 5.77. The number of nitrogens with one attached hydrogen (secondary N) is 1. The summed E-state index contributed by atoms with van der Waals surface area (Å²) >= 11 is 0. The van der Waals surface area contributed by atoms with Crippen LogP contribution in [-0.4, -0.2) is 10.5 Å². The van der Waals surface area contributed by atoms with Crippen LogP contribution in [0.2, 0.25) is 0 Å². The van der Waals surface area contributed by atoms with Crippen molar-refractivity contribution in [3.05, 3.63) is 39.9 Å². The van der Waals surface area contributed by atoms with Gasteiger partial charge in [-0.05, 0) is 25.8 Å². The van der Waals surface area contributed by atoms with Crippen molar-refractivity contribution in [3.63, 3.8) is 0 Å². The van der Waals surface area contributed by atoms with Gasteiger partial charge in [0.2, 0.25) is 0 Å². The third-order valence-electron chi connectivity index (χ3n) is 2.77. The third-order valence-corrected chi connectivity index (χ3v) is 2.77. The van der Waals surface area contributed by atoms with E-state index in [0.717, 1.165) is 18.4 Å². The van der Waals surface area contributed by atoms with E-state index >= 15 is 0 Å². The van der Waals surface area contributed by atoms with Crippen molar-refractivity contribution in [2.75, 3.05) is 0 Å². The Balaban J connectivity index is 2.63. The van der Waals surface area contributed by atoms with Crippen molar-refractivity contribution in [3.8, 4) is 0 Å². The molecule has 0 aliphatic heterocycles. The molecule has 4 heteroatoms. The van der Waals surface area contributed by atoms with Crippen LogP contribution >= 0.6 is 0 Å². The molecule has 0 heterocycles. The summed E-state index contributed by atoms with van der Waals surface area (Å²) in [6.45, 7) is 7.10. The van der Waals surface area contributed by atoms with Crippen molar-refractivity contribution >= 4 is 5.69 Å². The average molecular weight is 236 g/mol. The standard InChI is InChI=1S/C13H20N2O2/c1-4-8-13(2,3)14-10-11-6-5-7-12(9-11)15(16)17/h5-7,9,14H,4,8,10H2,1-3H3. The van der Waals surface area contributed by atoms with E-state index in [-0.39, 0.29) is 16.1 Å². The zero-order valence-corrected chi connectivity index (χ0v) is 10.7. The molecule has 0 aliphatic carbocycles. The van der Waals surface area contributed by atoms with Crippen LogP contribution < -0.4 is 5.32 Å². The first-order valence-electron chi connectivity index (χ1n) is 5.93. The number of non-ortho nitro benzene ring substituents is 1. The molecular formula is C13H20N2O2. The van der Waals surface area contributed by atoms with Gasteiger partial charge in [0.15, 0.2) is 0 Å². The summed E-state index contributed by atoms with van der Waals surface area (Å²) in [5.74, 6) is 0. The third kappa shape index (κ3) is 4.53. The number of rotatable bonds is 6. The molecule has 0 amide bonds. The molecule has 1 rings (SSSR count). The Morgan fingerprint density at radius 1 is 1.41 bits per heavy atom. The first kappa shape index (κ1) is 13.6. The lowest BCUT2D eigenvalue weighted by atomic mass is 9.98. The molecule has 1 aromatic carbocycles. The lowest BCUT2D eigenvalue weighted by molar-refractivity contribution is -0.384. The molecule has 1 aromatic rings. The van der Waals surface area contributed by atoms with Crippen LogP contribution in [0.1, 0.15) is 39.2 Å². The largest absolute Gasteiger partial charge is 0.308 e. The highest BCUT2D eigenvalue weighted by Crippen LogP contribution is 2.15. The Morgan fingerprint density at radius 3 is 2.71 bits per heavy atom. The molecule has 4 nitrogen and oxygen atoms in total. The van der Waals surface area contributed by atoms with E-state index in [1.807, 2.05) is 6.07 Å². The minimum Gasteiger partial charge on any atom is -0.308 e. The van der Waals surface area contributed by atoms with Crippen LogP contribution in [0.3, 0.4) is 0 Å². The van der Waals surface area contributed by atoms with Crippen LogP contribution in [0.15, 0.2) is 24.3 Å². The zero-order valence-electron chi connectivity index (χ0n) is 10.7. The summed E-state index contributed by atoms with van der Waals surface area (Å²) in [5, 5.41) is 14.1. The molecule has 17 heavy (non-hydrogen) atoms. The van der Waals surface area contributed by atoms with Gasteiger partial charge in [-0.2, -0.15) is 0 Å². The van der Waals surface area contributed by atoms with Gasteiger partial charge in [0, 0.05) is 24.2 Å². The first-order valence-corrected chi connectivity index (χ1v) is 5.93. The summed E-state index contributed by atoms with van der Waals surface area (Å²) < 4.78 is 0. The van der Waals surface area contributed by atoms with Crippen molar-refractivity contribution in [2.24, 2.45) is 0 Å². The molecule has 0 saturated carbocycles. The molecule has 0 bridgehead atoms. The number of hydrogen-bond acceptors (Lipinski definition) is 3. The Labute approximate surface area is 102 Å². The van der Waals surface area contributed by atoms with Gasteiger partial charge < -0.3 is 5.32 Å². The lowest BCUT2D eigenvalue weighted by Gasteiger charge is -2.25. The van der Waals surface area contributed by atoms with Gasteiger partial charge in [0.05, 0.1) is 4.92 Å². The second-order valence-electron chi connectivity index (χ2n) is 4.91. The maximum atomic E-state index is 10.6. The number of nitro groups is 1. The minimum absolute atomic E-state index is 0.0688. The van der Waals surface area contributed by atoms with E-state index < -0.39 is 0 Å². The van der Waals surface area contributed by atoms with Gasteiger partial charge in [0.25, 0.3) is 5.69 Å². The second-order valence-corrected chi connectivity index (χ2v) is 4.91. The Bertz CT molecular complexity index is 389. The van der Waals surface area contributed by atoms with Crippen LogP contribution in [0.5, 0.6) is 0 Å². The summed E-state index contributed by atoms with van der Waals surface area (Å²) in [4.78, 5) is 10.3. The van der Waals surface area contributed by atoms with Gasteiger partial charge in [-0.25, -0.2) is 0 Å². The highest BCUT2D eigenvalue weighted by atomic mass is 16.6. The molecular weight excluding hydrogens is 216 g/mol. The van der Waals surface area contributed by atoms with Gasteiger partial charge >= 0.3 is 0 Å². The summed E-state index contributed by atoms with van der Waals surface area (Å²) in [7, 11) is 0. The fourth-order valence-corrected chi connectivity index (χ4v) is 1.83. The van der Waals surface area contributed by atoms with Crippen molar-refractivity contribution in [2.45, 2.75) is 45.7 Å². The molecule has 94 valence electrons. The SMILES string of the molecule is CCCC(C)(C)NCc1cccc([N+](=O)[O-])c1. The van der Waals surface area contributed by atoms with Crippen molar-refractivity contribution < 1.29 is 4.92 Å². The maximum absolute atomic E-state index is 10.6. The Hall–Kier alpha value is -1.42. The number of nitrogens with zero attached hydrogens (tertiary/aromatic N) is 1. The molecule has 0 radical (unpaired) electrons. The fourth-order valence-electron chi connectivity index (χ4n) is 1.83. The topological polar surface area (TPSA) is 55.2 Å². The number of benzene rings is 1. The summed E-state index contributed by atoms with van der Waals surface area (Å²) in [6.07, 6.45) is 2.21.